The van der Waals surface area contributed by atoms with Crippen LogP contribution in [-0.2, 0) is 16.7 Å². The van der Waals surface area contributed by atoms with Crippen LogP contribution in [0.1, 0.15) is 30.9 Å². The molecule has 0 unspecified atom stereocenters. The van der Waals surface area contributed by atoms with Gasteiger partial charge in [-0.25, -0.2) is 4.39 Å². The average molecular weight is 400 g/mol. The van der Waals surface area contributed by atoms with Crippen molar-refractivity contribution >= 4 is 5.96 Å². The zero-order valence-electron chi connectivity index (χ0n) is 17.2. The molecule has 156 valence electrons. The highest BCUT2D eigenvalue weighted by molar-refractivity contribution is 5.79. The van der Waals surface area contributed by atoms with Gasteiger partial charge in [0.05, 0.1) is 6.61 Å². The lowest BCUT2D eigenvalue weighted by atomic mass is 9.74. The monoisotopic (exact) mass is 399 g/mol. The van der Waals surface area contributed by atoms with E-state index in [1.54, 1.807) is 7.05 Å². The fourth-order valence-corrected chi connectivity index (χ4v) is 3.73. The highest BCUT2D eigenvalue weighted by Crippen LogP contribution is 2.34. The molecule has 0 bridgehead atoms. The zero-order chi connectivity index (χ0) is 20.5. The number of benzene rings is 2. The minimum absolute atomic E-state index is 0.104. The molecule has 2 aromatic rings. The van der Waals surface area contributed by atoms with Crippen LogP contribution in [0.5, 0.6) is 5.75 Å². The summed E-state index contributed by atoms with van der Waals surface area (Å²) < 4.78 is 24.7. The Morgan fingerprint density at radius 1 is 1.10 bits per heavy atom. The number of nitrogens with zero attached hydrogens (tertiary/aromatic N) is 1. The van der Waals surface area contributed by atoms with E-state index in [1.165, 1.54) is 12.1 Å². The van der Waals surface area contributed by atoms with Crippen LogP contribution in [0, 0.1) is 5.82 Å². The molecule has 0 atom stereocenters. The van der Waals surface area contributed by atoms with Crippen molar-refractivity contribution in [3.05, 3.63) is 65.5 Å². The predicted octanol–water partition coefficient (Wildman–Crippen LogP) is 3.64. The summed E-state index contributed by atoms with van der Waals surface area (Å²) in [5.74, 6) is 1.39. The number of para-hydroxylation sites is 1. The number of hydrogen-bond acceptors (Lipinski definition) is 3. The molecule has 1 saturated heterocycles. The summed E-state index contributed by atoms with van der Waals surface area (Å²) >= 11 is 0. The number of nitrogens with one attached hydrogen (secondary N) is 2. The van der Waals surface area contributed by atoms with Crippen LogP contribution in [-0.4, -0.2) is 39.4 Å². The summed E-state index contributed by atoms with van der Waals surface area (Å²) in [6.07, 6.45) is 1.77. The quantitative estimate of drug-likeness (QED) is 0.551. The normalized spacial score (nSPS) is 16.3. The molecule has 0 radical (unpaired) electrons. The van der Waals surface area contributed by atoms with Gasteiger partial charge in [-0.2, -0.15) is 0 Å². The van der Waals surface area contributed by atoms with Crippen LogP contribution < -0.4 is 15.4 Å². The third kappa shape index (κ3) is 5.48. The van der Waals surface area contributed by atoms with E-state index in [0.717, 1.165) is 35.7 Å². The van der Waals surface area contributed by atoms with Crippen LogP contribution in [0.15, 0.2) is 53.5 Å². The lowest BCUT2D eigenvalue weighted by Gasteiger charge is -2.38. The molecule has 1 aliphatic rings. The Kier molecular flexibility index (Phi) is 7.47. The molecule has 29 heavy (non-hydrogen) atoms. The van der Waals surface area contributed by atoms with E-state index in [1.807, 2.05) is 43.3 Å². The molecular formula is C23H30FN3O2. The average Bonchev–Trinajstić information content (AvgIpc) is 2.76. The molecule has 0 saturated carbocycles. The molecule has 0 aromatic heterocycles. The largest absolute Gasteiger partial charge is 0.494 e. The van der Waals surface area contributed by atoms with Crippen molar-refractivity contribution in [1.82, 2.24) is 10.6 Å². The SMILES string of the molecule is CCOc1ccccc1CNC(=NC)NCC1(c2ccc(F)cc2)CCOCC1. The predicted molar refractivity (Wildman–Crippen MR) is 114 cm³/mol. The summed E-state index contributed by atoms with van der Waals surface area (Å²) in [6.45, 7) is 5.33. The maximum atomic E-state index is 13.4. The number of guanidine groups is 1. The second-order valence-electron chi connectivity index (χ2n) is 7.22. The van der Waals surface area contributed by atoms with E-state index < -0.39 is 0 Å². The van der Waals surface area contributed by atoms with Crippen molar-refractivity contribution in [1.29, 1.82) is 0 Å². The van der Waals surface area contributed by atoms with Gasteiger partial charge in [0.1, 0.15) is 11.6 Å². The molecular weight excluding hydrogens is 369 g/mol. The van der Waals surface area contributed by atoms with Crippen molar-refractivity contribution in [3.63, 3.8) is 0 Å². The third-order valence-electron chi connectivity index (χ3n) is 5.44. The highest BCUT2D eigenvalue weighted by Gasteiger charge is 2.34. The first-order valence-electron chi connectivity index (χ1n) is 10.2. The third-order valence-corrected chi connectivity index (χ3v) is 5.44. The standard InChI is InChI=1S/C23H30FN3O2/c1-3-29-21-7-5-4-6-18(21)16-26-22(25-2)27-17-23(12-14-28-15-13-23)19-8-10-20(24)11-9-19/h4-11H,3,12-17H2,1-2H3,(H2,25,26,27). The van der Waals surface area contributed by atoms with E-state index in [4.69, 9.17) is 9.47 Å². The second kappa shape index (κ2) is 10.3. The lowest BCUT2D eigenvalue weighted by molar-refractivity contribution is 0.0513. The highest BCUT2D eigenvalue weighted by atomic mass is 19.1. The Bertz CT molecular complexity index is 802. The van der Waals surface area contributed by atoms with Crippen molar-refractivity contribution < 1.29 is 13.9 Å². The van der Waals surface area contributed by atoms with Gasteiger partial charge in [0.25, 0.3) is 0 Å². The van der Waals surface area contributed by atoms with Crippen LogP contribution in [0.3, 0.4) is 0 Å². The molecule has 1 aliphatic heterocycles. The first-order chi connectivity index (χ1) is 14.2. The Hall–Kier alpha value is -2.60. The maximum Gasteiger partial charge on any atom is 0.191 e. The molecule has 3 rings (SSSR count). The topological polar surface area (TPSA) is 54.9 Å². The number of halogens is 1. The van der Waals surface area contributed by atoms with Gasteiger partial charge in [-0.3, -0.25) is 4.99 Å². The maximum absolute atomic E-state index is 13.4. The van der Waals surface area contributed by atoms with E-state index in [-0.39, 0.29) is 11.2 Å². The van der Waals surface area contributed by atoms with Gasteiger partial charge in [0.2, 0.25) is 0 Å². The van der Waals surface area contributed by atoms with E-state index in [2.05, 4.69) is 15.6 Å². The van der Waals surface area contributed by atoms with Crippen molar-refractivity contribution in [3.8, 4) is 5.75 Å². The van der Waals surface area contributed by atoms with Crippen LogP contribution in [0.25, 0.3) is 0 Å². The van der Waals surface area contributed by atoms with Crippen LogP contribution >= 0.6 is 0 Å². The fraction of sp³-hybridized carbons (Fsp3) is 0.435. The van der Waals surface area contributed by atoms with Gasteiger partial charge in [-0.1, -0.05) is 30.3 Å². The first-order valence-corrected chi connectivity index (χ1v) is 10.2. The summed E-state index contributed by atoms with van der Waals surface area (Å²) in [4.78, 5) is 4.36. The van der Waals surface area contributed by atoms with Crippen LogP contribution in [0.2, 0.25) is 0 Å². The van der Waals surface area contributed by atoms with Crippen molar-refractivity contribution in [2.75, 3.05) is 33.4 Å². The zero-order valence-corrected chi connectivity index (χ0v) is 17.2. The minimum Gasteiger partial charge on any atom is -0.494 e. The van der Waals surface area contributed by atoms with Crippen LogP contribution in [0.4, 0.5) is 4.39 Å². The summed E-state index contributed by atoms with van der Waals surface area (Å²) in [5.41, 5.74) is 2.11. The van der Waals surface area contributed by atoms with Gasteiger partial charge in [-0.15, -0.1) is 0 Å². The van der Waals surface area contributed by atoms with Crippen molar-refractivity contribution in [2.45, 2.75) is 31.7 Å². The summed E-state index contributed by atoms with van der Waals surface area (Å²) in [5, 5.41) is 6.83. The minimum atomic E-state index is -0.214. The van der Waals surface area contributed by atoms with E-state index >= 15 is 0 Å². The van der Waals surface area contributed by atoms with Gasteiger partial charge < -0.3 is 20.1 Å². The molecule has 2 aromatic carbocycles. The Labute approximate surface area is 172 Å². The second-order valence-corrected chi connectivity index (χ2v) is 7.22. The Balaban J connectivity index is 1.66. The molecule has 0 amide bonds. The molecule has 6 heteroatoms. The summed E-state index contributed by atoms with van der Waals surface area (Å²) in [7, 11) is 1.76. The fourth-order valence-electron chi connectivity index (χ4n) is 3.73. The lowest BCUT2D eigenvalue weighted by Crippen LogP contribution is -2.47. The Morgan fingerprint density at radius 2 is 1.83 bits per heavy atom. The molecule has 0 spiro atoms. The number of aliphatic imine (C=N–C) groups is 1. The first kappa shape index (κ1) is 21.1. The van der Waals surface area contributed by atoms with E-state index in [9.17, 15) is 4.39 Å². The van der Waals surface area contributed by atoms with Gasteiger partial charge in [0.15, 0.2) is 5.96 Å². The Morgan fingerprint density at radius 3 is 2.52 bits per heavy atom. The number of ether oxygens (including phenoxy) is 2. The summed E-state index contributed by atoms with van der Waals surface area (Å²) in [6, 6.07) is 14.8. The molecule has 1 fully saturated rings. The molecule has 5 nitrogen and oxygen atoms in total. The van der Waals surface area contributed by atoms with E-state index in [0.29, 0.717) is 32.9 Å². The number of rotatable bonds is 7. The van der Waals surface area contributed by atoms with Crippen molar-refractivity contribution in [2.24, 2.45) is 4.99 Å². The van der Waals surface area contributed by atoms with Gasteiger partial charge in [-0.05, 0) is 43.5 Å². The van der Waals surface area contributed by atoms with Gasteiger partial charge in [0, 0.05) is 44.3 Å². The van der Waals surface area contributed by atoms with Gasteiger partial charge >= 0.3 is 0 Å². The molecule has 0 aliphatic carbocycles. The molecule has 2 N–H and O–H groups in total. The molecule has 1 heterocycles. The smallest absolute Gasteiger partial charge is 0.191 e. The number of hydrogen-bond donors (Lipinski definition) is 2.